The van der Waals surface area contributed by atoms with Crippen LogP contribution in [0.15, 0.2) is 41.0 Å². The molecule has 1 aromatic heterocycles. The van der Waals surface area contributed by atoms with E-state index in [4.69, 9.17) is 16.3 Å². The summed E-state index contributed by atoms with van der Waals surface area (Å²) in [5.41, 5.74) is 0.944. The van der Waals surface area contributed by atoms with Crippen molar-refractivity contribution in [2.45, 2.75) is 20.4 Å². The Balaban J connectivity index is 2.05. The standard InChI is InChI=1S/C16H18BrClN2O/c1-11(2)9-19-10-13-8-14(5-6-20-13)21-16-7-12(17)3-4-15(16)18/h3-8,11,19H,9-10H2,1-2H3. The number of hydrogen-bond acceptors (Lipinski definition) is 3. The van der Waals surface area contributed by atoms with Gasteiger partial charge in [-0.2, -0.15) is 0 Å². The Hall–Kier alpha value is -1.10. The molecule has 0 unspecified atom stereocenters. The third-order valence-electron chi connectivity index (χ3n) is 2.77. The zero-order valence-electron chi connectivity index (χ0n) is 12.1. The van der Waals surface area contributed by atoms with Crippen LogP contribution in [-0.2, 0) is 6.54 Å². The van der Waals surface area contributed by atoms with Crippen LogP contribution in [-0.4, -0.2) is 11.5 Å². The van der Waals surface area contributed by atoms with Crippen molar-refractivity contribution in [3.8, 4) is 11.5 Å². The SMILES string of the molecule is CC(C)CNCc1cc(Oc2cc(Br)ccc2Cl)ccn1. The predicted octanol–water partition coefficient (Wildman–Crippen LogP) is 5.04. The van der Waals surface area contributed by atoms with E-state index in [0.717, 1.165) is 29.0 Å². The maximum atomic E-state index is 6.13. The van der Waals surface area contributed by atoms with Crippen LogP contribution in [0.3, 0.4) is 0 Å². The molecule has 0 radical (unpaired) electrons. The van der Waals surface area contributed by atoms with Gasteiger partial charge in [0, 0.05) is 23.3 Å². The van der Waals surface area contributed by atoms with E-state index >= 15 is 0 Å². The molecule has 0 bridgehead atoms. The first kappa shape index (κ1) is 16.3. The van der Waals surface area contributed by atoms with E-state index in [1.54, 1.807) is 12.3 Å². The van der Waals surface area contributed by atoms with E-state index in [2.05, 4.69) is 40.1 Å². The van der Waals surface area contributed by atoms with Crippen LogP contribution < -0.4 is 10.1 Å². The van der Waals surface area contributed by atoms with E-state index in [-0.39, 0.29) is 0 Å². The molecule has 0 aliphatic rings. The normalized spacial score (nSPS) is 10.9. The van der Waals surface area contributed by atoms with E-state index in [9.17, 15) is 0 Å². The van der Waals surface area contributed by atoms with Gasteiger partial charge in [0.05, 0.1) is 10.7 Å². The lowest BCUT2D eigenvalue weighted by molar-refractivity contribution is 0.479. The summed E-state index contributed by atoms with van der Waals surface area (Å²) in [7, 11) is 0. The number of aromatic nitrogens is 1. The molecule has 3 nitrogen and oxygen atoms in total. The zero-order valence-corrected chi connectivity index (χ0v) is 14.4. The van der Waals surface area contributed by atoms with Crippen molar-refractivity contribution in [3.05, 3.63) is 51.7 Å². The van der Waals surface area contributed by atoms with Gasteiger partial charge in [0.25, 0.3) is 0 Å². The van der Waals surface area contributed by atoms with Crippen LogP contribution in [0.2, 0.25) is 5.02 Å². The van der Waals surface area contributed by atoms with Crippen molar-refractivity contribution in [1.82, 2.24) is 10.3 Å². The second-order valence-electron chi connectivity index (χ2n) is 5.18. The van der Waals surface area contributed by atoms with E-state index in [1.807, 2.05) is 24.3 Å². The van der Waals surface area contributed by atoms with Gasteiger partial charge in [-0.15, -0.1) is 0 Å². The average Bonchev–Trinajstić information content (AvgIpc) is 2.43. The molecule has 0 amide bonds. The van der Waals surface area contributed by atoms with E-state index < -0.39 is 0 Å². The number of rotatable bonds is 6. The zero-order chi connectivity index (χ0) is 15.2. The highest BCUT2D eigenvalue weighted by Crippen LogP contribution is 2.31. The van der Waals surface area contributed by atoms with Crippen molar-refractivity contribution >= 4 is 27.5 Å². The lowest BCUT2D eigenvalue weighted by Crippen LogP contribution is -2.19. The van der Waals surface area contributed by atoms with Gasteiger partial charge in [0.2, 0.25) is 0 Å². The number of pyridine rings is 1. The van der Waals surface area contributed by atoms with Crippen LogP contribution in [0.4, 0.5) is 0 Å². The Morgan fingerprint density at radius 1 is 1.29 bits per heavy atom. The van der Waals surface area contributed by atoms with Crippen LogP contribution in [0, 0.1) is 5.92 Å². The van der Waals surface area contributed by atoms with Crippen molar-refractivity contribution in [2.75, 3.05) is 6.54 Å². The minimum atomic E-state index is 0.578. The first-order valence-corrected chi connectivity index (χ1v) is 8.00. The van der Waals surface area contributed by atoms with Crippen molar-refractivity contribution < 1.29 is 4.74 Å². The number of benzene rings is 1. The van der Waals surface area contributed by atoms with Crippen molar-refractivity contribution in [3.63, 3.8) is 0 Å². The van der Waals surface area contributed by atoms with Gasteiger partial charge in [-0.1, -0.05) is 41.4 Å². The Bertz CT molecular complexity index is 605. The molecule has 0 aliphatic carbocycles. The molecule has 1 heterocycles. The molecule has 0 fully saturated rings. The molecule has 0 aliphatic heterocycles. The Labute approximate surface area is 138 Å². The molecule has 0 saturated heterocycles. The Morgan fingerprint density at radius 2 is 2.10 bits per heavy atom. The summed E-state index contributed by atoms with van der Waals surface area (Å²) in [4.78, 5) is 4.33. The number of nitrogens with one attached hydrogen (secondary N) is 1. The van der Waals surface area contributed by atoms with Gasteiger partial charge in [0.1, 0.15) is 11.5 Å². The van der Waals surface area contributed by atoms with Gasteiger partial charge in [-0.3, -0.25) is 4.98 Å². The largest absolute Gasteiger partial charge is 0.456 e. The summed E-state index contributed by atoms with van der Waals surface area (Å²) in [6.45, 7) is 6.04. The summed E-state index contributed by atoms with van der Waals surface area (Å²) < 4.78 is 6.75. The van der Waals surface area contributed by atoms with Crippen molar-refractivity contribution in [1.29, 1.82) is 0 Å². The van der Waals surface area contributed by atoms with Gasteiger partial charge in [-0.25, -0.2) is 0 Å². The third-order valence-corrected chi connectivity index (χ3v) is 3.57. The summed E-state index contributed by atoms with van der Waals surface area (Å²) in [5.74, 6) is 1.97. The van der Waals surface area contributed by atoms with Gasteiger partial charge in [0.15, 0.2) is 0 Å². The fraction of sp³-hybridized carbons (Fsp3) is 0.312. The average molecular weight is 370 g/mol. The van der Waals surface area contributed by atoms with E-state index in [0.29, 0.717) is 16.7 Å². The monoisotopic (exact) mass is 368 g/mol. The number of ether oxygens (including phenoxy) is 1. The number of hydrogen-bond donors (Lipinski definition) is 1. The van der Waals surface area contributed by atoms with E-state index in [1.165, 1.54) is 0 Å². The van der Waals surface area contributed by atoms with Crippen molar-refractivity contribution in [2.24, 2.45) is 5.92 Å². The third kappa shape index (κ3) is 5.30. The topological polar surface area (TPSA) is 34.1 Å². The highest BCUT2D eigenvalue weighted by Gasteiger charge is 2.05. The fourth-order valence-electron chi connectivity index (χ4n) is 1.79. The van der Waals surface area contributed by atoms with Gasteiger partial charge < -0.3 is 10.1 Å². The molecule has 21 heavy (non-hydrogen) atoms. The second kappa shape index (κ2) is 7.78. The molecular formula is C16H18BrClN2O. The van der Waals surface area contributed by atoms with Gasteiger partial charge >= 0.3 is 0 Å². The lowest BCUT2D eigenvalue weighted by atomic mass is 10.2. The highest BCUT2D eigenvalue weighted by atomic mass is 79.9. The second-order valence-corrected chi connectivity index (χ2v) is 6.51. The molecule has 0 saturated carbocycles. The molecule has 112 valence electrons. The van der Waals surface area contributed by atoms with Crippen LogP contribution >= 0.6 is 27.5 Å². The minimum absolute atomic E-state index is 0.578. The first-order valence-electron chi connectivity index (χ1n) is 6.83. The molecule has 0 atom stereocenters. The van der Waals surface area contributed by atoms with Gasteiger partial charge in [-0.05, 0) is 36.7 Å². The lowest BCUT2D eigenvalue weighted by Gasteiger charge is -2.10. The quantitative estimate of drug-likeness (QED) is 0.775. The molecule has 1 aromatic carbocycles. The summed E-state index contributed by atoms with van der Waals surface area (Å²) in [6.07, 6.45) is 1.74. The summed E-state index contributed by atoms with van der Waals surface area (Å²) >= 11 is 9.54. The van der Waals surface area contributed by atoms with Crippen LogP contribution in [0.1, 0.15) is 19.5 Å². The molecule has 2 aromatic rings. The summed E-state index contributed by atoms with van der Waals surface area (Å²) in [6, 6.07) is 9.27. The molecule has 0 spiro atoms. The molecule has 1 N–H and O–H groups in total. The first-order chi connectivity index (χ1) is 10.0. The molecular weight excluding hydrogens is 352 g/mol. The van der Waals surface area contributed by atoms with Crippen LogP contribution in [0.25, 0.3) is 0 Å². The number of nitrogens with zero attached hydrogens (tertiary/aromatic N) is 1. The Kier molecular flexibility index (Phi) is 6.03. The van der Waals surface area contributed by atoms with Crippen LogP contribution in [0.5, 0.6) is 11.5 Å². The maximum absolute atomic E-state index is 6.13. The molecule has 2 rings (SSSR count). The maximum Gasteiger partial charge on any atom is 0.147 e. The fourth-order valence-corrected chi connectivity index (χ4v) is 2.28. The minimum Gasteiger partial charge on any atom is -0.456 e. The number of halogens is 2. The summed E-state index contributed by atoms with van der Waals surface area (Å²) in [5, 5.41) is 3.94. The molecule has 5 heteroatoms. The highest BCUT2D eigenvalue weighted by molar-refractivity contribution is 9.10. The predicted molar refractivity (Wildman–Crippen MR) is 90.0 cm³/mol. The Morgan fingerprint density at radius 3 is 2.86 bits per heavy atom. The smallest absolute Gasteiger partial charge is 0.147 e.